The fourth-order valence-corrected chi connectivity index (χ4v) is 2.51. The Balaban J connectivity index is 1.98. The van der Waals surface area contributed by atoms with Gasteiger partial charge in [-0.05, 0) is 29.7 Å². The summed E-state index contributed by atoms with van der Waals surface area (Å²) >= 11 is 0. The molecular weight excluding hydrogens is 256 g/mol. The van der Waals surface area contributed by atoms with Crippen molar-refractivity contribution in [2.75, 3.05) is 19.0 Å². The van der Waals surface area contributed by atoms with E-state index in [0.717, 1.165) is 6.54 Å². The van der Waals surface area contributed by atoms with Gasteiger partial charge in [0.1, 0.15) is 0 Å². The fourth-order valence-electron chi connectivity index (χ4n) is 2.51. The minimum Gasteiger partial charge on any atom is -0.378 e. The molecule has 0 saturated carbocycles. The molecule has 0 aliphatic heterocycles. The Hall–Kier alpha value is -1.80. The Bertz CT molecular complexity index is 517. The highest BCUT2D eigenvalue weighted by Gasteiger charge is 2.09. The molecule has 2 heteroatoms. The van der Waals surface area contributed by atoms with Gasteiger partial charge in [-0.2, -0.15) is 0 Å². The Morgan fingerprint density at radius 2 is 1.62 bits per heavy atom. The number of rotatable bonds is 7. The lowest BCUT2D eigenvalue weighted by Crippen LogP contribution is -2.20. The lowest BCUT2D eigenvalue weighted by atomic mass is 10.0. The standard InChI is InChI=1S/C19H26N2/c1-4-8-19(17-9-6-5-7-10-17)20-15-16-11-13-18(14-12-16)21(2)3/h5-7,9-14,19-20H,4,8,15H2,1-3H3. The first kappa shape index (κ1) is 15.6. The second kappa shape index (κ2) is 7.84. The van der Waals surface area contributed by atoms with E-state index in [9.17, 15) is 0 Å². The van der Waals surface area contributed by atoms with Crippen molar-refractivity contribution < 1.29 is 0 Å². The van der Waals surface area contributed by atoms with E-state index in [4.69, 9.17) is 0 Å². The van der Waals surface area contributed by atoms with Crippen molar-refractivity contribution >= 4 is 5.69 Å². The van der Waals surface area contributed by atoms with Crippen LogP contribution in [0.15, 0.2) is 54.6 Å². The highest BCUT2D eigenvalue weighted by atomic mass is 15.1. The van der Waals surface area contributed by atoms with Crippen LogP contribution < -0.4 is 10.2 Å². The molecule has 0 aliphatic rings. The molecule has 0 fully saturated rings. The van der Waals surface area contributed by atoms with Crippen molar-refractivity contribution in [1.29, 1.82) is 0 Å². The van der Waals surface area contributed by atoms with Gasteiger partial charge in [0, 0.05) is 32.4 Å². The Morgan fingerprint density at radius 3 is 2.19 bits per heavy atom. The Morgan fingerprint density at radius 1 is 0.952 bits per heavy atom. The average molecular weight is 282 g/mol. The molecule has 0 heterocycles. The first-order valence-corrected chi connectivity index (χ1v) is 7.75. The zero-order valence-corrected chi connectivity index (χ0v) is 13.3. The number of hydrogen-bond acceptors (Lipinski definition) is 2. The first-order chi connectivity index (χ1) is 10.2. The summed E-state index contributed by atoms with van der Waals surface area (Å²) in [5.74, 6) is 0. The summed E-state index contributed by atoms with van der Waals surface area (Å²) < 4.78 is 0. The van der Waals surface area contributed by atoms with Gasteiger partial charge in [0.05, 0.1) is 0 Å². The smallest absolute Gasteiger partial charge is 0.0361 e. The largest absolute Gasteiger partial charge is 0.378 e. The van der Waals surface area contributed by atoms with Crippen molar-refractivity contribution in [3.8, 4) is 0 Å². The normalized spacial score (nSPS) is 12.1. The van der Waals surface area contributed by atoms with E-state index >= 15 is 0 Å². The van der Waals surface area contributed by atoms with Crippen molar-refractivity contribution in [1.82, 2.24) is 5.32 Å². The lowest BCUT2D eigenvalue weighted by molar-refractivity contribution is 0.493. The zero-order chi connectivity index (χ0) is 15.1. The molecule has 2 aromatic carbocycles. The third kappa shape index (κ3) is 4.61. The van der Waals surface area contributed by atoms with Crippen LogP contribution in [-0.2, 0) is 6.54 Å². The van der Waals surface area contributed by atoms with Crippen LogP contribution in [0.25, 0.3) is 0 Å². The quantitative estimate of drug-likeness (QED) is 0.810. The van der Waals surface area contributed by atoms with Crippen LogP contribution in [0, 0.1) is 0 Å². The molecule has 21 heavy (non-hydrogen) atoms. The zero-order valence-electron chi connectivity index (χ0n) is 13.3. The van der Waals surface area contributed by atoms with Crippen LogP contribution in [-0.4, -0.2) is 14.1 Å². The number of benzene rings is 2. The summed E-state index contributed by atoms with van der Waals surface area (Å²) in [5, 5.41) is 3.69. The van der Waals surface area contributed by atoms with Crippen molar-refractivity contribution in [3.05, 3.63) is 65.7 Å². The van der Waals surface area contributed by atoms with Crippen LogP contribution in [0.4, 0.5) is 5.69 Å². The SMILES string of the molecule is CCCC(NCc1ccc(N(C)C)cc1)c1ccccc1. The predicted octanol–water partition coefficient (Wildman–Crippen LogP) is 4.38. The number of anilines is 1. The van der Waals surface area contributed by atoms with Gasteiger partial charge in [0.25, 0.3) is 0 Å². The van der Waals surface area contributed by atoms with Gasteiger partial charge < -0.3 is 10.2 Å². The molecule has 2 aromatic rings. The van der Waals surface area contributed by atoms with Crippen LogP contribution in [0.5, 0.6) is 0 Å². The van der Waals surface area contributed by atoms with Crippen molar-refractivity contribution in [2.24, 2.45) is 0 Å². The summed E-state index contributed by atoms with van der Waals surface area (Å²) in [6.45, 7) is 3.15. The summed E-state index contributed by atoms with van der Waals surface area (Å²) in [7, 11) is 4.14. The first-order valence-electron chi connectivity index (χ1n) is 7.75. The second-order valence-corrected chi connectivity index (χ2v) is 5.69. The van der Waals surface area contributed by atoms with E-state index in [1.165, 1.54) is 29.7 Å². The van der Waals surface area contributed by atoms with E-state index in [0.29, 0.717) is 6.04 Å². The maximum atomic E-state index is 3.69. The summed E-state index contributed by atoms with van der Waals surface area (Å²) in [5.41, 5.74) is 3.95. The van der Waals surface area contributed by atoms with Gasteiger partial charge in [-0.1, -0.05) is 55.8 Å². The van der Waals surface area contributed by atoms with E-state index in [1.807, 2.05) is 0 Å². The van der Waals surface area contributed by atoms with Crippen LogP contribution >= 0.6 is 0 Å². The van der Waals surface area contributed by atoms with E-state index < -0.39 is 0 Å². The summed E-state index contributed by atoms with van der Waals surface area (Å²) in [6.07, 6.45) is 2.35. The van der Waals surface area contributed by atoms with E-state index in [-0.39, 0.29) is 0 Å². The molecule has 0 aromatic heterocycles. The molecule has 1 N–H and O–H groups in total. The molecule has 112 valence electrons. The molecule has 0 spiro atoms. The van der Waals surface area contributed by atoms with Gasteiger partial charge in [-0.15, -0.1) is 0 Å². The molecule has 1 atom stereocenters. The van der Waals surface area contributed by atoms with Gasteiger partial charge in [-0.25, -0.2) is 0 Å². The van der Waals surface area contributed by atoms with Gasteiger partial charge in [0.2, 0.25) is 0 Å². The third-order valence-corrected chi connectivity index (χ3v) is 3.78. The van der Waals surface area contributed by atoms with Crippen molar-refractivity contribution in [3.63, 3.8) is 0 Å². The molecule has 2 rings (SSSR count). The highest BCUT2D eigenvalue weighted by molar-refractivity contribution is 5.45. The molecule has 0 aliphatic carbocycles. The van der Waals surface area contributed by atoms with Gasteiger partial charge in [0.15, 0.2) is 0 Å². The topological polar surface area (TPSA) is 15.3 Å². The monoisotopic (exact) mass is 282 g/mol. The van der Waals surface area contributed by atoms with Crippen LogP contribution in [0.2, 0.25) is 0 Å². The number of hydrogen-bond donors (Lipinski definition) is 1. The molecule has 0 bridgehead atoms. The lowest BCUT2D eigenvalue weighted by Gasteiger charge is -2.19. The van der Waals surface area contributed by atoms with E-state index in [1.54, 1.807) is 0 Å². The minimum absolute atomic E-state index is 0.435. The van der Waals surface area contributed by atoms with Crippen LogP contribution in [0.1, 0.15) is 36.9 Å². The van der Waals surface area contributed by atoms with Gasteiger partial charge in [-0.3, -0.25) is 0 Å². The maximum Gasteiger partial charge on any atom is 0.0361 e. The Kier molecular flexibility index (Phi) is 5.82. The van der Waals surface area contributed by atoms with Gasteiger partial charge >= 0.3 is 0 Å². The molecule has 0 saturated heterocycles. The average Bonchev–Trinajstić information content (AvgIpc) is 2.52. The highest BCUT2D eigenvalue weighted by Crippen LogP contribution is 2.19. The molecule has 0 amide bonds. The molecule has 0 radical (unpaired) electrons. The number of nitrogens with zero attached hydrogens (tertiary/aromatic N) is 1. The Labute approximate surface area is 128 Å². The summed E-state index contributed by atoms with van der Waals surface area (Å²) in [4.78, 5) is 2.13. The molecular formula is C19H26N2. The third-order valence-electron chi connectivity index (χ3n) is 3.78. The van der Waals surface area contributed by atoms with Crippen molar-refractivity contribution in [2.45, 2.75) is 32.4 Å². The summed E-state index contributed by atoms with van der Waals surface area (Å²) in [6, 6.07) is 19.9. The molecule has 1 unspecified atom stereocenters. The minimum atomic E-state index is 0.435. The van der Waals surface area contributed by atoms with E-state index in [2.05, 4.69) is 85.8 Å². The predicted molar refractivity (Wildman–Crippen MR) is 91.7 cm³/mol. The molecule has 2 nitrogen and oxygen atoms in total. The fraction of sp³-hybridized carbons (Fsp3) is 0.368. The number of nitrogens with one attached hydrogen (secondary N) is 1. The maximum absolute atomic E-state index is 3.69. The van der Waals surface area contributed by atoms with Crippen LogP contribution in [0.3, 0.4) is 0 Å². The second-order valence-electron chi connectivity index (χ2n) is 5.69.